The molecule has 1 heterocycles. The van der Waals surface area contributed by atoms with Gasteiger partial charge in [0.25, 0.3) is 0 Å². The topological polar surface area (TPSA) is 43.0 Å². The molecule has 0 radical (unpaired) electrons. The molecule has 5 heteroatoms. The van der Waals surface area contributed by atoms with Crippen molar-refractivity contribution in [1.29, 1.82) is 0 Å². The van der Waals surface area contributed by atoms with Gasteiger partial charge in [0, 0.05) is 32.2 Å². The molecule has 0 spiro atoms. The van der Waals surface area contributed by atoms with Gasteiger partial charge in [-0.25, -0.2) is 0 Å². The van der Waals surface area contributed by atoms with Crippen molar-refractivity contribution in [3.63, 3.8) is 0 Å². The Morgan fingerprint density at radius 1 is 1.00 bits per heavy atom. The van der Waals surface area contributed by atoms with E-state index in [1.165, 1.54) is 11.1 Å². The highest BCUT2D eigenvalue weighted by Crippen LogP contribution is 2.24. The first kappa shape index (κ1) is 20.6. The van der Waals surface area contributed by atoms with Gasteiger partial charge in [-0.15, -0.1) is 0 Å². The molecule has 152 valence electrons. The van der Waals surface area contributed by atoms with Gasteiger partial charge >= 0.3 is 0 Å². The van der Waals surface area contributed by atoms with Crippen molar-refractivity contribution in [3.05, 3.63) is 59.7 Å². The zero-order chi connectivity index (χ0) is 19.6. The van der Waals surface area contributed by atoms with Gasteiger partial charge < -0.3 is 19.5 Å². The van der Waals surface area contributed by atoms with Crippen LogP contribution in [-0.2, 0) is 11.3 Å². The first-order valence-corrected chi connectivity index (χ1v) is 10.2. The highest BCUT2D eigenvalue weighted by molar-refractivity contribution is 5.30. The summed E-state index contributed by atoms with van der Waals surface area (Å²) in [5.74, 6) is 1.83. The second kappa shape index (κ2) is 11.1. The van der Waals surface area contributed by atoms with Gasteiger partial charge in [-0.2, -0.15) is 0 Å². The fourth-order valence-electron chi connectivity index (χ4n) is 3.45. The smallest absolute Gasteiger partial charge is 0.119 e. The van der Waals surface area contributed by atoms with Crippen LogP contribution in [0.4, 0.5) is 0 Å². The molecule has 1 unspecified atom stereocenters. The van der Waals surface area contributed by atoms with E-state index in [1.807, 2.05) is 12.1 Å². The summed E-state index contributed by atoms with van der Waals surface area (Å²) >= 11 is 0. The van der Waals surface area contributed by atoms with Gasteiger partial charge in [0.15, 0.2) is 0 Å². The van der Waals surface area contributed by atoms with E-state index in [9.17, 15) is 0 Å². The Morgan fingerprint density at radius 3 is 2.32 bits per heavy atom. The zero-order valence-corrected chi connectivity index (χ0v) is 17.0. The van der Waals surface area contributed by atoms with Crippen LogP contribution in [0.2, 0.25) is 0 Å². The molecule has 0 aliphatic carbocycles. The van der Waals surface area contributed by atoms with E-state index in [0.29, 0.717) is 6.04 Å². The number of ether oxygens (including phenoxy) is 3. The molecule has 0 bridgehead atoms. The lowest BCUT2D eigenvalue weighted by Gasteiger charge is -2.35. The minimum Gasteiger partial charge on any atom is -0.497 e. The van der Waals surface area contributed by atoms with Gasteiger partial charge in [0.2, 0.25) is 0 Å². The number of benzene rings is 2. The molecule has 1 aliphatic rings. The van der Waals surface area contributed by atoms with Crippen molar-refractivity contribution in [1.82, 2.24) is 10.2 Å². The summed E-state index contributed by atoms with van der Waals surface area (Å²) < 4.78 is 16.5. The van der Waals surface area contributed by atoms with Gasteiger partial charge in [0.1, 0.15) is 11.5 Å². The summed E-state index contributed by atoms with van der Waals surface area (Å²) in [6.45, 7) is 8.12. The second-order valence-electron chi connectivity index (χ2n) is 7.06. The Hall–Kier alpha value is -2.08. The third-order valence-corrected chi connectivity index (χ3v) is 5.05. The van der Waals surface area contributed by atoms with Gasteiger partial charge in [-0.1, -0.05) is 31.2 Å². The molecule has 3 rings (SSSR count). The standard InChI is InChI=1S/C23H32N2O3/c1-3-14-28-22-8-4-19(5-9-22)17-24-18-23(25-12-15-27-16-13-25)20-6-10-21(26-2)11-7-20/h4-11,23-24H,3,12-18H2,1-2H3. The van der Waals surface area contributed by atoms with Crippen LogP contribution in [0.3, 0.4) is 0 Å². The van der Waals surface area contributed by atoms with Crippen molar-refractivity contribution < 1.29 is 14.2 Å². The molecule has 2 aromatic carbocycles. The molecular formula is C23H32N2O3. The Bertz CT molecular complexity index is 682. The number of morpholine rings is 1. The number of nitrogens with zero attached hydrogens (tertiary/aromatic N) is 1. The van der Waals surface area contributed by atoms with Crippen molar-refractivity contribution in [2.75, 3.05) is 46.6 Å². The van der Waals surface area contributed by atoms with E-state index in [1.54, 1.807) is 7.11 Å². The van der Waals surface area contributed by atoms with Crippen molar-refractivity contribution in [3.8, 4) is 11.5 Å². The zero-order valence-electron chi connectivity index (χ0n) is 17.0. The molecular weight excluding hydrogens is 352 g/mol. The number of methoxy groups -OCH3 is 1. The fraction of sp³-hybridized carbons (Fsp3) is 0.478. The molecule has 0 amide bonds. The summed E-state index contributed by atoms with van der Waals surface area (Å²) in [4.78, 5) is 2.50. The lowest BCUT2D eigenvalue weighted by molar-refractivity contribution is 0.0161. The van der Waals surface area contributed by atoms with Gasteiger partial charge in [0.05, 0.1) is 26.9 Å². The number of hydrogen-bond donors (Lipinski definition) is 1. The predicted octanol–water partition coefficient (Wildman–Crippen LogP) is 3.65. The fourth-order valence-corrected chi connectivity index (χ4v) is 3.45. The Balaban J connectivity index is 1.59. The first-order valence-electron chi connectivity index (χ1n) is 10.2. The van der Waals surface area contributed by atoms with Gasteiger partial charge in [-0.05, 0) is 41.8 Å². The molecule has 1 N–H and O–H groups in total. The second-order valence-corrected chi connectivity index (χ2v) is 7.06. The van der Waals surface area contributed by atoms with E-state index in [0.717, 1.165) is 63.9 Å². The summed E-state index contributed by atoms with van der Waals surface area (Å²) in [5, 5.41) is 3.63. The molecule has 1 saturated heterocycles. The van der Waals surface area contributed by atoms with Crippen molar-refractivity contribution in [2.24, 2.45) is 0 Å². The van der Waals surface area contributed by atoms with E-state index in [-0.39, 0.29) is 0 Å². The monoisotopic (exact) mass is 384 g/mol. The third kappa shape index (κ3) is 5.96. The maximum atomic E-state index is 5.66. The molecule has 1 aliphatic heterocycles. The summed E-state index contributed by atoms with van der Waals surface area (Å²) in [7, 11) is 1.70. The van der Waals surface area contributed by atoms with E-state index >= 15 is 0 Å². The van der Waals surface area contributed by atoms with Crippen molar-refractivity contribution >= 4 is 0 Å². The minimum absolute atomic E-state index is 0.321. The van der Waals surface area contributed by atoms with Gasteiger partial charge in [-0.3, -0.25) is 4.90 Å². The van der Waals surface area contributed by atoms with E-state index in [4.69, 9.17) is 14.2 Å². The van der Waals surface area contributed by atoms with E-state index in [2.05, 4.69) is 53.5 Å². The largest absolute Gasteiger partial charge is 0.497 e. The maximum absolute atomic E-state index is 5.66. The van der Waals surface area contributed by atoms with Crippen LogP contribution in [-0.4, -0.2) is 51.5 Å². The maximum Gasteiger partial charge on any atom is 0.119 e. The molecule has 2 aromatic rings. The average molecular weight is 385 g/mol. The molecule has 5 nitrogen and oxygen atoms in total. The molecule has 1 fully saturated rings. The number of hydrogen-bond acceptors (Lipinski definition) is 5. The molecule has 1 atom stereocenters. The summed E-state index contributed by atoms with van der Waals surface area (Å²) in [6.07, 6.45) is 1.03. The van der Waals surface area contributed by atoms with E-state index < -0.39 is 0 Å². The molecule has 0 aromatic heterocycles. The van der Waals surface area contributed by atoms with Crippen LogP contribution < -0.4 is 14.8 Å². The highest BCUT2D eigenvalue weighted by Gasteiger charge is 2.22. The molecule has 0 saturated carbocycles. The normalized spacial score (nSPS) is 15.9. The lowest BCUT2D eigenvalue weighted by Crippen LogP contribution is -2.42. The summed E-state index contributed by atoms with van der Waals surface area (Å²) in [6, 6.07) is 17.1. The predicted molar refractivity (Wildman–Crippen MR) is 112 cm³/mol. The highest BCUT2D eigenvalue weighted by atomic mass is 16.5. The van der Waals surface area contributed by atoms with Crippen LogP contribution in [0, 0.1) is 0 Å². The van der Waals surface area contributed by atoms with Crippen LogP contribution >= 0.6 is 0 Å². The van der Waals surface area contributed by atoms with Crippen LogP contribution in [0.5, 0.6) is 11.5 Å². The first-order chi connectivity index (χ1) is 13.8. The third-order valence-electron chi connectivity index (χ3n) is 5.05. The Labute approximate surface area is 168 Å². The quantitative estimate of drug-likeness (QED) is 0.677. The number of rotatable bonds is 10. The van der Waals surface area contributed by atoms with Crippen LogP contribution in [0.15, 0.2) is 48.5 Å². The van der Waals surface area contributed by atoms with Crippen molar-refractivity contribution in [2.45, 2.75) is 25.9 Å². The minimum atomic E-state index is 0.321. The van der Waals surface area contributed by atoms with Crippen LogP contribution in [0.25, 0.3) is 0 Å². The summed E-state index contributed by atoms with van der Waals surface area (Å²) in [5.41, 5.74) is 2.57. The Morgan fingerprint density at radius 2 is 1.68 bits per heavy atom. The van der Waals surface area contributed by atoms with Crippen LogP contribution in [0.1, 0.15) is 30.5 Å². The number of nitrogens with one attached hydrogen (secondary N) is 1. The molecule has 28 heavy (non-hydrogen) atoms. The average Bonchev–Trinajstić information content (AvgIpc) is 2.77. The SMILES string of the molecule is CCCOc1ccc(CNCC(c2ccc(OC)cc2)N2CCOCC2)cc1. The lowest BCUT2D eigenvalue weighted by atomic mass is 10.0. The Kier molecular flexibility index (Phi) is 8.15.